The Labute approximate surface area is 237 Å². The molecule has 2 rings (SSSR count). The lowest BCUT2D eigenvalue weighted by molar-refractivity contribution is -0.143. The Balaban J connectivity index is -0.000000236. The predicted octanol–water partition coefficient (Wildman–Crippen LogP) is 7.92. The lowest BCUT2D eigenvalue weighted by Crippen LogP contribution is -2.27. The van der Waals surface area contributed by atoms with Crippen LogP contribution in [-0.2, 0) is 37.0 Å². The standard InChI is InChI=1S/C10H10F2O2.C9H7BrF2O2.C5H11NO2.3CH4/c1-6-3-8(5-14-7(2)13)10(12)9(11)4-6;1-5(13)14-4-6-2-7(10)3-8(11)9(6)12;1-5(2,3)8-4(6)7;;;/h3-4H,5H2,1-2H3;2-3H,4H2,1H3;1-3H3,(H2,6,7);3*1H4. The summed E-state index contributed by atoms with van der Waals surface area (Å²) in [6.45, 7) is 8.83. The maximum absolute atomic E-state index is 13.1. The van der Waals surface area contributed by atoms with E-state index in [4.69, 9.17) is 5.73 Å². The van der Waals surface area contributed by atoms with Gasteiger partial charge in [0.25, 0.3) is 0 Å². The molecule has 0 atom stereocenters. The molecule has 0 aliphatic rings. The number of benzene rings is 2. The van der Waals surface area contributed by atoms with E-state index in [1.165, 1.54) is 26.0 Å². The van der Waals surface area contributed by atoms with Gasteiger partial charge in [0.2, 0.25) is 0 Å². The SMILES string of the molecule is C.C.C.CC(=O)OCc1cc(Br)cc(F)c1F.CC(=O)OCc1cc(C)cc(F)c1F.CC(C)(C)OC(N)=O. The first-order valence-electron chi connectivity index (χ1n) is 10.3. The quantitative estimate of drug-likeness (QED) is 0.159. The van der Waals surface area contributed by atoms with Crippen molar-refractivity contribution < 1.29 is 46.2 Å². The van der Waals surface area contributed by atoms with Gasteiger partial charge in [-0.25, -0.2) is 22.4 Å². The highest BCUT2D eigenvalue weighted by molar-refractivity contribution is 9.10. The number of nitrogens with two attached hydrogens (primary N) is 1. The maximum atomic E-state index is 13.1. The van der Waals surface area contributed by atoms with Crippen molar-refractivity contribution in [1.82, 2.24) is 0 Å². The zero-order valence-corrected chi connectivity index (χ0v) is 22.2. The summed E-state index contributed by atoms with van der Waals surface area (Å²) in [4.78, 5) is 30.9. The molecular formula is C27H40BrF4NO6. The maximum Gasteiger partial charge on any atom is 0.405 e. The number of amides is 1. The van der Waals surface area contributed by atoms with Gasteiger partial charge in [0.15, 0.2) is 23.3 Å². The highest BCUT2D eigenvalue weighted by Gasteiger charge is 2.13. The molecule has 0 saturated carbocycles. The zero-order chi connectivity index (χ0) is 28.2. The van der Waals surface area contributed by atoms with Crippen molar-refractivity contribution in [2.45, 2.75) is 82.6 Å². The molecule has 39 heavy (non-hydrogen) atoms. The van der Waals surface area contributed by atoms with Crippen molar-refractivity contribution in [1.29, 1.82) is 0 Å². The minimum atomic E-state index is -0.991. The Kier molecular flexibility index (Phi) is 21.8. The average molecular weight is 631 g/mol. The van der Waals surface area contributed by atoms with E-state index in [2.05, 4.69) is 30.1 Å². The van der Waals surface area contributed by atoms with Crippen molar-refractivity contribution in [3.8, 4) is 0 Å². The lowest BCUT2D eigenvalue weighted by Gasteiger charge is -2.16. The van der Waals surface area contributed by atoms with Crippen LogP contribution in [0.5, 0.6) is 0 Å². The molecule has 224 valence electrons. The Morgan fingerprint density at radius 1 is 0.795 bits per heavy atom. The summed E-state index contributed by atoms with van der Waals surface area (Å²) in [5.74, 6) is -4.91. The molecule has 0 bridgehead atoms. The molecule has 0 saturated heterocycles. The van der Waals surface area contributed by atoms with Crippen LogP contribution in [0, 0.1) is 30.2 Å². The fourth-order valence-corrected chi connectivity index (χ4v) is 2.75. The fourth-order valence-electron chi connectivity index (χ4n) is 2.28. The number of hydrogen-bond donors (Lipinski definition) is 1. The number of rotatable bonds is 4. The monoisotopic (exact) mass is 629 g/mol. The largest absolute Gasteiger partial charge is 0.461 e. The van der Waals surface area contributed by atoms with Crippen LogP contribution in [0.25, 0.3) is 0 Å². The summed E-state index contributed by atoms with van der Waals surface area (Å²) < 4.78 is 65.9. The molecule has 2 aromatic carbocycles. The molecule has 0 radical (unpaired) electrons. The number of primary amides is 1. The van der Waals surface area contributed by atoms with Crippen LogP contribution in [0.2, 0.25) is 0 Å². The van der Waals surface area contributed by atoms with Crippen LogP contribution < -0.4 is 5.73 Å². The number of carbonyl (C=O) groups is 3. The number of carbonyl (C=O) groups excluding carboxylic acids is 3. The van der Waals surface area contributed by atoms with E-state index in [0.717, 1.165) is 12.1 Å². The minimum absolute atomic E-state index is 0. The molecule has 0 aliphatic heterocycles. The number of aryl methyl sites for hydroxylation is 1. The van der Waals surface area contributed by atoms with Crippen molar-refractivity contribution in [2.24, 2.45) is 5.73 Å². The molecule has 0 aliphatic carbocycles. The van der Waals surface area contributed by atoms with Gasteiger partial charge in [-0.1, -0.05) is 38.2 Å². The van der Waals surface area contributed by atoms with E-state index in [1.807, 2.05) is 0 Å². The van der Waals surface area contributed by atoms with Crippen LogP contribution in [0.15, 0.2) is 28.7 Å². The topological polar surface area (TPSA) is 105 Å². The van der Waals surface area contributed by atoms with Gasteiger partial charge in [-0.05, 0) is 57.5 Å². The molecule has 2 N–H and O–H groups in total. The average Bonchev–Trinajstić information content (AvgIpc) is 2.70. The van der Waals surface area contributed by atoms with E-state index in [-0.39, 0.29) is 46.6 Å². The Morgan fingerprint density at radius 2 is 1.18 bits per heavy atom. The molecule has 2 aromatic rings. The molecule has 0 unspecified atom stereocenters. The summed E-state index contributed by atoms with van der Waals surface area (Å²) in [5, 5.41) is 0. The van der Waals surface area contributed by atoms with E-state index < -0.39 is 46.9 Å². The molecule has 12 heteroatoms. The zero-order valence-electron chi connectivity index (χ0n) is 20.6. The predicted molar refractivity (Wildman–Crippen MR) is 147 cm³/mol. The van der Waals surface area contributed by atoms with Crippen molar-refractivity contribution in [3.63, 3.8) is 0 Å². The van der Waals surface area contributed by atoms with Gasteiger partial charge in [0, 0.05) is 29.4 Å². The molecule has 0 heterocycles. The lowest BCUT2D eigenvalue weighted by atomic mass is 10.1. The number of ether oxygens (including phenoxy) is 3. The fraction of sp³-hybridized carbons (Fsp3) is 0.444. The van der Waals surface area contributed by atoms with Gasteiger partial charge in [0.1, 0.15) is 18.8 Å². The molecule has 7 nitrogen and oxygen atoms in total. The van der Waals surface area contributed by atoms with E-state index in [0.29, 0.717) is 10.0 Å². The number of halogens is 5. The third-order valence-corrected chi connectivity index (χ3v) is 4.04. The second-order valence-corrected chi connectivity index (χ2v) is 9.09. The highest BCUT2D eigenvalue weighted by atomic mass is 79.9. The van der Waals surface area contributed by atoms with Crippen LogP contribution in [0.1, 0.15) is 73.6 Å². The third kappa shape index (κ3) is 19.6. The van der Waals surface area contributed by atoms with Crippen molar-refractivity contribution in [2.75, 3.05) is 0 Å². The first-order valence-corrected chi connectivity index (χ1v) is 11.0. The first-order chi connectivity index (χ1) is 16.4. The van der Waals surface area contributed by atoms with Crippen LogP contribution in [0.4, 0.5) is 22.4 Å². The molecule has 1 amide bonds. The van der Waals surface area contributed by atoms with Crippen LogP contribution in [-0.4, -0.2) is 23.6 Å². The summed E-state index contributed by atoms with van der Waals surface area (Å²) in [6.07, 6.45) is -0.725. The molecule has 0 aromatic heterocycles. The molecular weight excluding hydrogens is 590 g/mol. The van der Waals surface area contributed by atoms with Crippen LogP contribution >= 0.6 is 15.9 Å². The van der Waals surface area contributed by atoms with E-state index in [9.17, 15) is 31.9 Å². The van der Waals surface area contributed by atoms with Crippen LogP contribution in [0.3, 0.4) is 0 Å². The first kappa shape index (κ1) is 42.9. The number of esters is 2. The summed E-state index contributed by atoms with van der Waals surface area (Å²) >= 11 is 3.01. The van der Waals surface area contributed by atoms with Gasteiger partial charge in [-0.15, -0.1) is 0 Å². The summed E-state index contributed by atoms with van der Waals surface area (Å²) in [5.41, 5.74) is 4.91. The number of hydrogen-bond acceptors (Lipinski definition) is 6. The highest BCUT2D eigenvalue weighted by Crippen LogP contribution is 2.20. The van der Waals surface area contributed by atoms with Gasteiger partial charge < -0.3 is 19.9 Å². The third-order valence-electron chi connectivity index (χ3n) is 3.58. The Bertz CT molecular complexity index is 1000. The van der Waals surface area contributed by atoms with E-state index >= 15 is 0 Å². The summed E-state index contributed by atoms with van der Waals surface area (Å²) in [6, 6.07) is 4.90. The van der Waals surface area contributed by atoms with Crippen molar-refractivity contribution >= 4 is 34.0 Å². The van der Waals surface area contributed by atoms with Gasteiger partial charge in [-0.3, -0.25) is 9.59 Å². The smallest absolute Gasteiger partial charge is 0.405 e. The second-order valence-electron chi connectivity index (χ2n) is 8.17. The van der Waals surface area contributed by atoms with Gasteiger partial charge in [-0.2, -0.15) is 0 Å². The molecule has 0 fully saturated rings. The van der Waals surface area contributed by atoms with Gasteiger partial charge >= 0.3 is 18.0 Å². The summed E-state index contributed by atoms with van der Waals surface area (Å²) in [7, 11) is 0. The van der Waals surface area contributed by atoms with Crippen molar-refractivity contribution in [3.05, 3.63) is 68.7 Å². The van der Waals surface area contributed by atoms with E-state index in [1.54, 1.807) is 27.7 Å². The Hall–Kier alpha value is -3.15. The van der Waals surface area contributed by atoms with Gasteiger partial charge in [0.05, 0.1) is 0 Å². The Morgan fingerprint density at radius 3 is 1.51 bits per heavy atom. The second kappa shape index (κ2) is 19.9. The normalized spacial score (nSPS) is 9.41. The molecule has 0 spiro atoms. The minimum Gasteiger partial charge on any atom is -0.461 e.